The third kappa shape index (κ3) is 2.24. The van der Waals surface area contributed by atoms with Crippen molar-refractivity contribution in [3.63, 3.8) is 0 Å². The molecule has 0 saturated heterocycles. The topological polar surface area (TPSA) is 55.6 Å². The molecule has 0 amide bonds. The molecule has 1 aliphatic heterocycles. The second-order valence-electron chi connectivity index (χ2n) is 5.67. The van der Waals surface area contributed by atoms with Crippen molar-refractivity contribution in [3.8, 4) is 0 Å². The summed E-state index contributed by atoms with van der Waals surface area (Å²) < 4.78 is 1.97. The highest BCUT2D eigenvalue weighted by Gasteiger charge is 2.29. The number of rotatable bonds is 2. The van der Waals surface area contributed by atoms with Gasteiger partial charge in [0.1, 0.15) is 6.33 Å². The highest BCUT2D eigenvalue weighted by molar-refractivity contribution is 5.37. The molecule has 4 rings (SSSR count). The van der Waals surface area contributed by atoms with Crippen LogP contribution in [0.2, 0.25) is 0 Å². The Labute approximate surface area is 129 Å². The van der Waals surface area contributed by atoms with Gasteiger partial charge < -0.3 is 5.32 Å². The van der Waals surface area contributed by atoms with E-state index in [0.717, 1.165) is 12.4 Å². The van der Waals surface area contributed by atoms with Crippen molar-refractivity contribution >= 4 is 5.95 Å². The Kier molecular flexibility index (Phi) is 3.11. The molecule has 22 heavy (non-hydrogen) atoms. The first-order valence-corrected chi connectivity index (χ1v) is 7.44. The summed E-state index contributed by atoms with van der Waals surface area (Å²) in [5.41, 5.74) is 3.70. The van der Waals surface area contributed by atoms with E-state index in [0.29, 0.717) is 0 Å². The van der Waals surface area contributed by atoms with Gasteiger partial charge in [-0.2, -0.15) is 10.1 Å². The highest BCUT2D eigenvalue weighted by atomic mass is 15.4. The Morgan fingerprint density at radius 3 is 2.77 bits per heavy atom. The molecule has 5 heteroatoms. The van der Waals surface area contributed by atoms with E-state index in [9.17, 15) is 0 Å². The summed E-state index contributed by atoms with van der Waals surface area (Å²) in [6, 6.07) is 13.1. The van der Waals surface area contributed by atoms with Gasteiger partial charge in [0.25, 0.3) is 0 Å². The van der Waals surface area contributed by atoms with E-state index in [1.165, 1.54) is 16.7 Å². The van der Waals surface area contributed by atoms with E-state index in [2.05, 4.69) is 57.6 Å². The van der Waals surface area contributed by atoms with Crippen LogP contribution < -0.4 is 5.32 Å². The van der Waals surface area contributed by atoms with E-state index < -0.39 is 0 Å². The van der Waals surface area contributed by atoms with Crippen molar-refractivity contribution in [2.24, 2.45) is 0 Å². The lowest BCUT2D eigenvalue weighted by Crippen LogP contribution is -2.28. The summed E-state index contributed by atoms with van der Waals surface area (Å²) in [7, 11) is 0. The summed E-state index contributed by atoms with van der Waals surface area (Å²) >= 11 is 0. The number of benzene rings is 1. The number of nitrogens with zero attached hydrogens (tertiary/aromatic N) is 4. The first kappa shape index (κ1) is 13.0. The van der Waals surface area contributed by atoms with Crippen LogP contribution in [0.3, 0.4) is 0 Å². The number of nitrogens with one attached hydrogen (secondary N) is 1. The quantitative estimate of drug-likeness (QED) is 0.788. The third-order valence-corrected chi connectivity index (χ3v) is 4.18. The van der Waals surface area contributed by atoms with Crippen LogP contribution in [0.5, 0.6) is 0 Å². The average Bonchev–Trinajstić information content (AvgIpc) is 3.04. The first-order chi connectivity index (χ1) is 10.8. The number of hydrogen-bond acceptors (Lipinski definition) is 4. The van der Waals surface area contributed by atoms with Crippen LogP contribution in [0.15, 0.2) is 55.1 Å². The lowest BCUT2D eigenvalue weighted by molar-refractivity contribution is 0.430. The van der Waals surface area contributed by atoms with Gasteiger partial charge in [0.2, 0.25) is 5.95 Å². The number of anilines is 1. The zero-order chi connectivity index (χ0) is 14.9. The lowest BCUT2D eigenvalue weighted by atomic mass is 9.94. The van der Waals surface area contributed by atoms with Crippen molar-refractivity contribution in [1.29, 1.82) is 0 Å². The van der Waals surface area contributed by atoms with Crippen molar-refractivity contribution in [2.75, 3.05) is 5.32 Å². The zero-order valence-electron chi connectivity index (χ0n) is 12.3. The maximum Gasteiger partial charge on any atom is 0.222 e. The fourth-order valence-corrected chi connectivity index (χ4v) is 2.99. The van der Waals surface area contributed by atoms with Crippen LogP contribution in [-0.4, -0.2) is 19.7 Å². The Hall–Kier alpha value is -2.69. The van der Waals surface area contributed by atoms with Gasteiger partial charge in [-0.1, -0.05) is 35.9 Å². The molecule has 2 aromatic heterocycles. The molecule has 0 fully saturated rings. The van der Waals surface area contributed by atoms with Crippen molar-refractivity contribution < 1.29 is 0 Å². The van der Waals surface area contributed by atoms with E-state index in [4.69, 9.17) is 0 Å². The molecule has 2 atom stereocenters. The van der Waals surface area contributed by atoms with Gasteiger partial charge in [0, 0.05) is 12.4 Å². The van der Waals surface area contributed by atoms with E-state index in [1.807, 2.05) is 16.9 Å². The lowest BCUT2D eigenvalue weighted by Gasteiger charge is -2.31. The second kappa shape index (κ2) is 5.26. The van der Waals surface area contributed by atoms with Crippen molar-refractivity contribution in [1.82, 2.24) is 19.7 Å². The molecule has 1 aliphatic rings. The normalized spacial score (nSPS) is 20.2. The van der Waals surface area contributed by atoms with Crippen molar-refractivity contribution in [2.45, 2.75) is 25.4 Å². The molecule has 3 heterocycles. The number of pyridine rings is 1. The van der Waals surface area contributed by atoms with Crippen LogP contribution in [0.4, 0.5) is 5.95 Å². The molecular weight excluding hydrogens is 274 g/mol. The fraction of sp³-hybridized carbons (Fsp3) is 0.235. The molecule has 0 bridgehead atoms. The van der Waals surface area contributed by atoms with Crippen LogP contribution in [-0.2, 0) is 0 Å². The number of fused-ring (bicyclic) bond motifs is 1. The summed E-state index contributed by atoms with van der Waals surface area (Å²) in [5.74, 6) is 0.811. The maximum absolute atomic E-state index is 4.39. The molecular formula is C17H17N5. The van der Waals surface area contributed by atoms with Gasteiger partial charge in [-0.15, -0.1) is 0 Å². The minimum absolute atomic E-state index is 0.185. The number of aromatic nitrogens is 4. The summed E-state index contributed by atoms with van der Waals surface area (Å²) in [4.78, 5) is 8.58. The molecule has 1 N–H and O–H groups in total. The third-order valence-electron chi connectivity index (χ3n) is 4.18. The molecule has 0 saturated carbocycles. The predicted molar refractivity (Wildman–Crippen MR) is 84.6 cm³/mol. The summed E-state index contributed by atoms with van der Waals surface area (Å²) in [6.45, 7) is 2.10. The Bertz CT molecular complexity index is 763. The predicted octanol–water partition coefficient (Wildman–Crippen LogP) is 3.13. The first-order valence-electron chi connectivity index (χ1n) is 7.44. The van der Waals surface area contributed by atoms with Gasteiger partial charge in [-0.3, -0.25) is 4.98 Å². The van der Waals surface area contributed by atoms with Crippen molar-refractivity contribution in [3.05, 3.63) is 71.8 Å². The fourth-order valence-electron chi connectivity index (χ4n) is 2.99. The van der Waals surface area contributed by atoms with E-state index in [1.54, 1.807) is 12.5 Å². The number of aryl methyl sites for hydroxylation is 1. The van der Waals surface area contributed by atoms with E-state index in [-0.39, 0.29) is 12.1 Å². The van der Waals surface area contributed by atoms with Gasteiger partial charge in [-0.05, 0) is 30.5 Å². The van der Waals surface area contributed by atoms with Crippen LogP contribution in [0.25, 0.3) is 0 Å². The minimum atomic E-state index is 0.185. The average molecular weight is 291 g/mol. The molecule has 5 nitrogen and oxygen atoms in total. The number of hydrogen-bond donors (Lipinski definition) is 1. The molecule has 0 spiro atoms. The Morgan fingerprint density at radius 1 is 1.14 bits per heavy atom. The summed E-state index contributed by atoms with van der Waals surface area (Å²) in [5, 5.41) is 7.85. The highest BCUT2D eigenvalue weighted by Crippen LogP contribution is 2.36. The maximum atomic E-state index is 4.39. The van der Waals surface area contributed by atoms with E-state index >= 15 is 0 Å². The molecule has 0 unspecified atom stereocenters. The smallest absolute Gasteiger partial charge is 0.222 e. The monoisotopic (exact) mass is 291 g/mol. The van der Waals surface area contributed by atoms with Gasteiger partial charge >= 0.3 is 0 Å². The molecule has 3 aromatic rings. The van der Waals surface area contributed by atoms with Crippen LogP contribution in [0, 0.1) is 6.92 Å². The Morgan fingerprint density at radius 2 is 2.00 bits per heavy atom. The molecule has 0 aliphatic carbocycles. The standard InChI is InChI=1S/C17H17N5/c1-12-4-6-13(7-5-12)16-9-15(14-3-2-8-18-10-14)21-17-19-11-20-22(16)17/h2-8,10-11,15-16H,9H2,1H3,(H,19,20,21)/t15-,16-/m0/s1. The SMILES string of the molecule is Cc1ccc([C@@H]2C[C@@H](c3cccnc3)Nc3ncnn32)cc1. The largest absolute Gasteiger partial charge is 0.347 e. The minimum Gasteiger partial charge on any atom is -0.347 e. The van der Waals surface area contributed by atoms with Gasteiger partial charge in [0.15, 0.2) is 0 Å². The van der Waals surface area contributed by atoms with Crippen LogP contribution >= 0.6 is 0 Å². The van der Waals surface area contributed by atoms with Gasteiger partial charge in [0.05, 0.1) is 12.1 Å². The Balaban J connectivity index is 1.73. The van der Waals surface area contributed by atoms with Gasteiger partial charge in [-0.25, -0.2) is 4.68 Å². The molecule has 1 aromatic carbocycles. The van der Waals surface area contributed by atoms with Crippen LogP contribution in [0.1, 0.15) is 35.2 Å². The zero-order valence-corrected chi connectivity index (χ0v) is 12.3. The molecule has 110 valence electrons. The summed E-state index contributed by atoms with van der Waals surface area (Å²) in [6.07, 6.45) is 6.24. The second-order valence-corrected chi connectivity index (χ2v) is 5.67. The molecule has 0 radical (unpaired) electrons.